The zero-order chi connectivity index (χ0) is 17.5. The Bertz CT molecular complexity index is 1020. The highest BCUT2D eigenvalue weighted by Crippen LogP contribution is 2.19. The quantitative estimate of drug-likeness (QED) is 0.378. The van der Waals surface area contributed by atoms with Crippen LogP contribution in [-0.4, -0.2) is 4.92 Å². The van der Waals surface area contributed by atoms with Gasteiger partial charge < -0.3 is 0 Å². The maximum absolute atomic E-state index is 11.3. The average Bonchev–Trinajstić information content (AvgIpc) is 2.66. The lowest BCUT2D eigenvalue weighted by molar-refractivity contribution is -0.385. The molecule has 0 saturated carbocycles. The van der Waals surface area contributed by atoms with Crippen molar-refractivity contribution in [3.05, 3.63) is 111 Å². The van der Waals surface area contributed by atoms with Gasteiger partial charge in [0.2, 0.25) is 0 Å². The Labute approximate surface area is 146 Å². The van der Waals surface area contributed by atoms with Gasteiger partial charge >= 0.3 is 0 Å². The number of nitrogens with zero attached hydrogens (tertiary/aromatic N) is 1. The first kappa shape index (κ1) is 16.1. The molecule has 3 aromatic carbocycles. The highest BCUT2D eigenvalue weighted by atomic mass is 16.6. The van der Waals surface area contributed by atoms with E-state index in [2.05, 4.69) is 23.7 Å². The molecule has 0 aromatic heterocycles. The molecule has 0 N–H and O–H groups in total. The molecule has 0 unspecified atom stereocenters. The standard InChI is InChI=1S/C22H13NO2/c24-23(25)22-17-20(12-11-18-7-3-1-4-8-18)14-16-21(22)15-13-19-9-5-2-6-10-19/h1-10,14,16-17H. The molecule has 0 saturated heterocycles. The predicted octanol–water partition coefficient (Wildman–Crippen LogP) is 4.39. The summed E-state index contributed by atoms with van der Waals surface area (Å²) in [6.07, 6.45) is 0. The Kier molecular flexibility index (Phi) is 4.90. The molecule has 3 aromatic rings. The van der Waals surface area contributed by atoms with Crippen LogP contribution in [0.5, 0.6) is 0 Å². The van der Waals surface area contributed by atoms with Crippen molar-refractivity contribution in [3.8, 4) is 23.7 Å². The molecule has 118 valence electrons. The van der Waals surface area contributed by atoms with Crippen molar-refractivity contribution in [2.45, 2.75) is 0 Å². The van der Waals surface area contributed by atoms with Crippen molar-refractivity contribution in [1.82, 2.24) is 0 Å². The summed E-state index contributed by atoms with van der Waals surface area (Å²) >= 11 is 0. The Morgan fingerprint density at radius 1 is 0.640 bits per heavy atom. The molecular formula is C22H13NO2. The lowest BCUT2D eigenvalue weighted by Gasteiger charge is -1.97. The van der Waals surface area contributed by atoms with Crippen molar-refractivity contribution < 1.29 is 4.92 Å². The van der Waals surface area contributed by atoms with E-state index in [-0.39, 0.29) is 5.69 Å². The average molecular weight is 323 g/mol. The summed E-state index contributed by atoms with van der Waals surface area (Å²) in [5, 5.41) is 11.3. The van der Waals surface area contributed by atoms with Crippen LogP contribution in [0.15, 0.2) is 78.9 Å². The fraction of sp³-hybridized carbons (Fsp3) is 0. The maximum atomic E-state index is 11.3. The van der Waals surface area contributed by atoms with E-state index in [4.69, 9.17) is 0 Å². The first-order chi connectivity index (χ1) is 12.2. The Hall–Kier alpha value is -3.82. The van der Waals surface area contributed by atoms with E-state index in [1.807, 2.05) is 60.7 Å². The highest BCUT2D eigenvalue weighted by molar-refractivity contribution is 5.57. The smallest absolute Gasteiger partial charge is 0.258 e. The van der Waals surface area contributed by atoms with Gasteiger partial charge in [-0.3, -0.25) is 10.1 Å². The first-order valence-electron chi connectivity index (χ1n) is 7.65. The van der Waals surface area contributed by atoms with Crippen LogP contribution in [0.4, 0.5) is 5.69 Å². The van der Waals surface area contributed by atoms with E-state index in [1.54, 1.807) is 12.1 Å². The second kappa shape index (κ2) is 7.64. The molecule has 3 rings (SSSR count). The molecule has 0 aliphatic carbocycles. The molecule has 0 radical (unpaired) electrons. The third kappa shape index (κ3) is 4.34. The van der Waals surface area contributed by atoms with Gasteiger partial charge in [0.05, 0.1) is 4.92 Å². The molecule has 3 heteroatoms. The van der Waals surface area contributed by atoms with Gasteiger partial charge in [-0.2, -0.15) is 0 Å². The SMILES string of the molecule is O=[N+]([O-])c1cc(C#Cc2ccccc2)ccc1C#Cc1ccccc1. The van der Waals surface area contributed by atoms with Gasteiger partial charge in [-0.15, -0.1) is 0 Å². The molecule has 0 fully saturated rings. The molecule has 0 spiro atoms. The largest absolute Gasteiger partial charge is 0.286 e. The third-order valence-electron chi connectivity index (χ3n) is 3.43. The number of hydrogen-bond donors (Lipinski definition) is 0. The Balaban J connectivity index is 1.93. The molecular weight excluding hydrogens is 310 g/mol. The van der Waals surface area contributed by atoms with Crippen molar-refractivity contribution in [2.75, 3.05) is 0 Å². The maximum Gasteiger partial charge on any atom is 0.286 e. The Morgan fingerprint density at radius 3 is 1.72 bits per heavy atom. The monoisotopic (exact) mass is 323 g/mol. The van der Waals surface area contributed by atoms with Gasteiger partial charge in [0, 0.05) is 22.8 Å². The normalized spacial score (nSPS) is 9.28. The van der Waals surface area contributed by atoms with E-state index in [9.17, 15) is 10.1 Å². The number of rotatable bonds is 1. The van der Waals surface area contributed by atoms with Gasteiger partial charge in [-0.05, 0) is 36.4 Å². The molecule has 0 bridgehead atoms. The van der Waals surface area contributed by atoms with E-state index >= 15 is 0 Å². The van der Waals surface area contributed by atoms with Crippen LogP contribution in [0.3, 0.4) is 0 Å². The predicted molar refractivity (Wildman–Crippen MR) is 97.9 cm³/mol. The van der Waals surface area contributed by atoms with Crippen molar-refractivity contribution in [3.63, 3.8) is 0 Å². The van der Waals surface area contributed by atoms with Crippen molar-refractivity contribution in [2.24, 2.45) is 0 Å². The number of benzene rings is 3. The zero-order valence-corrected chi connectivity index (χ0v) is 13.3. The summed E-state index contributed by atoms with van der Waals surface area (Å²) in [6, 6.07) is 23.7. The van der Waals surface area contributed by atoms with E-state index in [0.717, 1.165) is 11.1 Å². The van der Waals surface area contributed by atoms with E-state index in [0.29, 0.717) is 11.1 Å². The van der Waals surface area contributed by atoms with Crippen LogP contribution in [0.1, 0.15) is 22.3 Å². The zero-order valence-electron chi connectivity index (χ0n) is 13.3. The minimum atomic E-state index is -0.428. The lowest BCUT2D eigenvalue weighted by Crippen LogP contribution is -1.93. The van der Waals surface area contributed by atoms with Gasteiger partial charge in [-0.1, -0.05) is 60.1 Å². The number of nitro benzene ring substituents is 1. The van der Waals surface area contributed by atoms with Crippen LogP contribution >= 0.6 is 0 Å². The molecule has 0 atom stereocenters. The number of nitro groups is 1. The summed E-state index contributed by atoms with van der Waals surface area (Å²) in [5.41, 5.74) is 2.59. The number of hydrogen-bond acceptors (Lipinski definition) is 2. The van der Waals surface area contributed by atoms with Gasteiger partial charge in [0.25, 0.3) is 5.69 Å². The Morgan fingerprint density at radius 2 is 1.16 bits per heavy atom. The van der Waals surface area contributed by atoms with Crippen LogP contribution in [-0.2, 0) is 0 Å². The van der Waals surface area contributed by atoms with Crippen molar-refractivity contribution >= 4 is 5.69 Å². The topological polar surface area (TPSA) is 43.1 Å². The summed E-state index contributed by atoms with van der Waals surface area (Å²) in [4.78, 5) is 10.9. The van der Waals surface area contributed by atoms with Gasteiger partial charge in [0.15, 0.2) is 0 Å². The summed E-state index contributed by atoms with van der Waals surface area (Å²) in [5.74, 6) is 11.8. The molecule has 0 heterocycles. The first-order valence-corrected chi connectivity index (χ1v) is 7.65. The van der Waals surface area contributed by atoms with Crippen LogP contribution in [0.2, 0.25) is 0 Å². The summed E-state index contributed by atoms with van der Waals surface area (Å²) in [7, 11) is 0. The minimum absolute atomic E-state index is 0.0386. The van der Waals surface area contributed by atoms with Gasteiger partial charge in [0.1, 0.15) is 5.56 Å². The van der Waals surface area contributed by atoms with Crippen LogP contribution in [0.25, 0.3) is 0 Å². The molecule has 0 aliphatic heterocycles. The summed E-state index contributed by atoms with van der Waals surface area (Å²) < 4.78 is 0. The molecule has 0 amide bonds. The van der Waals surface area contributed by atoms with Crippen LogP contribution in [0, 0.1) is 33.8 Å². The van der Waals surface area contributed by atoms with Gasteiger partial charge in [-0.25, -0.2) is 0 Å². The second-order valence-electron chi connectivity index (χ2n) is 5.22. The van der Waals surface area contributed by atoms with E-state index < -0.39 is 4.92 Å². The minimum Gasteiger partial charge on any atom is -0.258 e. The third-order valence-corrected chi connectivity index (χ3v) is 3.43. The van der Waals surface area contributed by atoms with Crippen LogP contribution < -0.4 is 0 Å². The molecule has 0 aliphatic rings. The summed E-state index contributed by atoms with van der Waals surface area (Å²) in [6.45, 7) is 0. The molecule has 3 nitrogen and oxygen atoms in total. The fourth-order valence-electron chi connectivity index (χ4n) is 2.19. The van der Waals surface area contributed by atoms with E-state index in [1.165, 1.54) is 6.07 Å². The van der Waals surface area contributed by atoms with Crippen molar-refractivity contribution in [1.29, 1.82) is 0 Å². The highest BCUT2D eigenvalue weighted by Gasteiger charge is 2.12. The second-order valence-corrected chi connectivity index (χ2v) is 5.22. The molecule has 25 heavy (non-hydrogen) atoms. The lowest BCUT2D eigenvalue weighted by atomic mass is 10.1. The fourth-order valence-corrected chi connectivity index (χ4v) is 2.19.